The number of carbonyl (C=O) groups is 1. The number of aliphatic imine (C=N–C) groups is 1. The molecule has 0 radical (unpaired) electrons. The first-order chi connectivity index (χ1) is 13.2. The first kappa shape index (κ1) is 19.4. The zero-order chi connectivity index (χ0) is 19.1. The molecule has 1 aliphatic rings. The lowest BCUT2D eigenvalue weighted by molar-refractivity contribution is 0.100. The number of carbonyl (C=O) groups excluding carboxylic acids is 1. The van der Waals surface area contributed by atoms with Crippen LogP contribution >= 0.6 is 11.6 Å². The van der Waals surface area contributed by atoms with Crippen LogP contribution in [0.5, 0.6) is 5.75 Å². The number of rotatable bonds is 6. The van der Waals surface area contributed by atoms with Crippen molar-refractivity contribution >= 4 is 28.9 Å². The predicted octanol–water partition coefficient (Wildman–Crippen LogP) is 5.40. The molecule has 2 aromatic carbocycles. The summed E-state index contributed by atoms with van der Waals surface area (Å²) in [5.74, 6) is 1.79. The summed E-state index contributed by atoms with van der Waals surface area (Å²) in [6.07, 6.45) is 4.24. The van der Waals surface area contributed by atoms with Crippen molar-refractivity contribution in [2.45, 2.75) is 32.6 Å². The van der Waals surface area contributed by atoms with E-state index < -0.39 is 0 Å². The Labute approximate surface area is 165 Å². The number of hydrogen-bond acceptors (Lipinski definition) is 4. The molecule has 0 bridgehead atoms. The van der Waals surface area contributed by atoms with Crippen LogP contribution in [-0.4, -0.2) is 31.3 Å². The molecular formula is C22H25ClN2O2. The maximum absolute atomic E-state index is 12.9. The number of ether oxygens (including phenoxy) is 1. The van der Waals surface area contributed by atoms with Crippen molar-refractivity contribution in [2.24, 2.45) is 4.99 Å². The molecule has 2 aromatic rings. The number of anilines is 1. The molecule has 1 aliphatic heterocycles. The van der Waals surface area contributed by atoms with Crippen LogP contribution in [0.1, 0.15) is 43.0 Å². The highest BCUT2D eigenvalue weighted by molar-refractivity contribution is 6.31. The fourth-order valence-electron chi connectivity index (χ4n) is 3.19. The SMILES string of the molecule is CCOc1ccc(C(=O)CN(C2=NCCCCC2)c2cccc(Cl)c2)cc1. The van der Waals surface area contributed by atoms with Crippen LogP contribution in [0.3, 0.4) is 0 Å². The van der Waals surface area contributed by atoms with Crippen LogP contribution in [0.25, 0.3) is 0 Å². The van der Waals surface area contributed by atoms with Gasteiger partial charge in [0.2, 0.25) is 0 Å². The van der Waals surface area contributed by atoms with Gasteiger partial charge in [-0.2, -0.15) is 0 Å². The molecule has 4 nitrogen and oxygen atoms in total. The molecule has 0 N–H and O–H groups in total. The summed E-state index contributed by atoms with van der Waals surface area (Å²) in [4.78, 5) is 19.7. The van der Waals surface area contributed by atoms with Gasteiger partial charge in [0, 0.05) is 29.2 Å². The summed E-state index contributed by atoms with van der Waals surface area (Å²) >= 11 is 6.20. The Kier molecular flexibility index (Phi) is 6.88. The molecule has 3 rings (SSSR count). The minimum atomic E-state index is 0.0463. The standard InChI is InChI=1S/C22H25ClN2O2/c1-2-27-20-12-10-17(11-13-20)21(26)16-25(19-8-6-7-18(23)15-19)22-9-4-3-5-14-24-22/h6-8,10-13,15H,2-5,9,14,16H2,1H3. The molecule has 0 spiro atoms. The number of ketones is 1. The van der Waals surface area contributed by atoms with E-state index >= 15 is 0 Å². The predicted molar refractivity (Wildman–Crippen MR) is 112 cm³/mol. The molecule has 0 saturated heterocycles. The zero-order valence-electron chi connectivity index (χ0n) is 15.7. The van der Waals surface area contributed by atoms with Crippen molar-refractivity contribution in [3.05, 3.63) is 59.1 Å². The van der Waals surface area contributed by atoms with Crippen molar-refractivity contribution in [3.8, 4) is 5.75 Å². The molecule has 0 atom stereocenters. The Morgan fingerprint density at radius 3 is 2.70 bits per heavy atom. The summed E-state index contributed by atoms with van der Waals surface area (Å²) in [6.45, 7) is 3.60. The van der Waals surface area contributed by atoms with E-state index in [1.54, 1.807) is 0 Å². The van der Waals surface area contributed by atoms with Crippen LogP contribution in [-0.2, 0) is 0 Å². The molecule has 142 valence electrons. The number of halogens is 1. The minimum absolute atomic E-state index is 0.0463. The molecule has 27 heavy (non-hydrogen) atoms. The van der Waals surface area contributed by atoms with Crippen LogP contribution in [0.15, 0.2) is 53.5 Å². The van der Waals surface area contributed by atoms with Crippen LogP contribution in [0.2, 0.25) is 5.02 Å². The number of hydrogen-bond donors (Lipinski definition) is 0. The zero-order valence-corrected chi connectivity index (χ0v) is 16.4. The Balaban J connectivity index is 1.84. The van der Waals surface area contributed by atoms with Gasteiger partial charge in [-0.05, 0) is 62.2 Å². The summed E-state index contributed by atoms with van der Waals surface area (Å²) in [6, 6.07) is 14.9. The molecule has 5 heteroatoms. The average Bonchev–Trinajstić information content (AvgIpc) is 2.96. The van der Waals surface area contributed by atoms with Gasteiger partial charge in [-0.15, -0.1) is 0 Å². The molecule has 0 aromatic heterocycles. The summed E-state index contributed by atoms with van der Waals surface area (Å²) < 4.78 is 5.46. The van der Waals surface area contributed by atoms with E-state index in [4.69, 9.17) is 21.3 Å². The molecule has 1 heterocycles. The first-order valence-electron chi connectivity index (χ1n) is 9.50. The maximum atomic E-state index is 12.9. The van der Waals surface area contributed by atoms with Crippen LogP contribution in [0, 0.1) is 0 Å². The Hall–Kier alpha value is -2.33. The highest BCUT2D eigenvalue weighted by atomic mass is 35.5. The largest absolute Gasteiger partial charge is 0.494 e. The summed E-state index contributed by atoms with van der Waals surface area (Å²) in [5, 5.41) is 0.653. The summed E-state index contributed by atoms with van der Waals surface area (Å²) in [7, 11) is 0. The molecule has 0 unspecified atom stereocenters. The van der Waals surface area contributed by atoms with Gasteiger partial charge in [0.1, 0.15) is 11.6 Å². The van der Waals surface area contributed by atoms with E-state index in [9.17, 15) is 4.79 Å². The van der Waals surface area contributed by atoms with Gasteiger partial charge in [0.25, 0.3) is 0 Å². The van der Waals surface area contributed by atoms with Gasteiger partial charge in [-0.3, -0.25) is 9.79 Å². The maximum Gasteiger partial charge on any atom is 0.182 e. The highest BCUT2D eigenvalue weighted by Crippen LogP contribution is 2.23. The summed E-state index contributed by atoms with van der Waals surface area (Å²) in [5.41, 5.74) is 1.57. The van der Waals surface area contributed by atoms with Crippen LogP contribution < -0.4 is 9.64 Å². The quantitative estimate of drug-likeness (QED) is 0.626. The highest BCUT2D eigenvalue weighted by Gasteiger charge is 2.19. The Morgan fingerprint density at radius 2 is 1.96 bits per heavy atom. The lowest BCUT2D eigenvalue weighted by atomic mass is 10.1. The molecule has 0 amide bonds. The number of benzene rings is 2. The van der Waals surface area contributed by atoms with Crippen molar-refractivity contribution in [1.82, 2.24) is 0 Å². The van der Waals surface area contributed by atoms with E-state index in [-0.39, 0.29) is 12.3 Å². The van der Waals surface area contributed by atoms with Gasteiger partial charge in [-0.1, -0.05) is 24.1 Å². The van der Waals surface area contributed by atoms with E-state index in [1.807, 2.05) is 60.4 Å². The first-order valence-corrected chi connectivity index (χ1v) is 9.87. The third-order valence-electron chi connectivity index (χ3n) is 4.57. The van der Waals surface area contributed by atoms with Gasteiger partial charge in [-0.25, -0.2) is 0 Å². The fourth-order valence-corrected chi connectivity index (χ4v) is 3.38. The van der Waals surface area contributed by atoms with Gasteiger partial charge >= 0.3 is 0 Å². The van der Waals surface area contributed by atoms with E-state index in [0.29, 0.717) is 17.2 Å². The molecule has 0 fully saturated rings. The fraction of sp³-hybridized carbons (Fsp3) is 0.364. The molecule has 0 aliphatic carbocycles. The van der Waals surface area contributed by atoms with Crippen LogP contribution in [0.4, 0.5) is 5.69 Å². The monoisotopic (exact) mass is 384 g/mol. The normalized spacial score (nSPS) is 14.2. The third-order valence-corrected chi connectivity index (χ3v) is 4.81. The topological polar surface area (TPSA) is 41.9 Å². The average molecular weight is 385 g/mol. The van der Waals surface area contributed by atoms with Crippen molar-refractivity contribution < 1.29 is 9.53 Å². The number of Topliss-reactive ketones (excluding diaryl/α,β-unsaturated/α-hetero) is 1. The van der Waals surface area contributed by atoms with Crippen molar-refractivity contribution in [3.63, 3.8) is 0 Å². The van der Waals surface area contributed by atoms with E-state index in [2.05, 4.69) is 0 Å². The van der Waals surface area contributed by atoms with Gasteiger partial charge < -0.3 is 9.64 Å². The lowest BCUT2D eigenvalue weighted by Gasteiger charge is -2.26. The van der Waals surface area contributed by atoms with E-state index in [0.717, 1.165) is 43.1 Å². The van der Waals surface area contributed by atoms with Crippen molar-refractivity contribution in [2.75, 3.05) is 24.6 Å². The Bertz CT molecular complexity index is 802. The molecular weight excluding hydrogens is 360 g/mol. The third kappa shape index (κ3) is 5.33. The van der Waals surface area contributed by atoms with Crippen molar-refractivity contribution in [1.29, 1.82) is 0 Å². The van der Waals surface area contributed by atoms with Gasteiger partial charge in [0.15, 0.2) is 5.78 Å². The minimum Gasteiger partial charge on any atom is -0.494 e. The lowest BCUT2D eigenvalue weighted by Crippen LogP contribution is -2.36. The smallest absolute Gasteiger partial charge is 0.182 e. The number of nitrogens with zero attached hydrogens (tertiary/aromatic N) is 2. The molecule has 0 saturated carbocycles. The van der Waals surface area contributed by atoms with E-state index in [1.165, 1.54) is 6.42 Å². The van der Waals surface area contributed by atoms with Gasteiger partial charge in [0.05, 0.1) is 13.2 Å². The second-order valence-corrected chi connectivity index (χ2v) is 6.99. The second-order valence-electron chi connectivity index (χ2n) is 6.56. The number of amidine groups is 1. The second kappa shape index (κ2) is 9.56. The Morgan fingerprint density at radius 1 is 1.15 bits per heavy atom.